The fraction of sp³-hybridized carbons (Fsp3) is 0.626. The summed E-state index contributed by atoms with van der Waals surface area (Å²) in [5, 5.41) is 22.0. The number of ether oxygens (including phenoxy) is 1. The normalized spacial score (nSPS) is 22.3. The van der Waals surface area contributed by atoms with Crippen LogP contribution in [0.25, 0.3) is 0 Å². The number of nitrogens with one attached hydrogen (secondary N) is 4. The van der Waals surface area contributed by atoms with Crippen molar-refractivity contribution >= 4 is 29.7 Å². The van der Waals surface area contributed by atoms with Gasteiger partial charge in [0.25, 0.3) is 5.91 Å². The molecule has 4 atom stereocenters. The van der Waals surface area contributed by atoms with Crippen LogP contribution in [0.1, 0.15) is 302 Å². The van der Waals surface area contributed by atoms with E-state index < -0.39 is 5.60 Å². The van der Waals surface area contributed by atoms with Crippen LogP contribution in [0, 0.1) is 34.5 Å². The highest BCUT2D eigenvalue weighted by Crippen LogP contribution is 2.55. The molecule has 4 spiro atoms. The molecule has 588 valence electrons. The molecular weight excluding hydrogens is 1330 g/mol. The highest BCUT2D eigenvalue weighted by atomic mass is 16.6. The van der Waals surface area contributed by atoms with Crippen molar-refractivity contribution in [3.63, 3.8) is 0 Å². The number of benzene rings is 4. The summed E-state index contributed by atoms with van der Waals surface area (Å²) in [6, 6.07) is 39.4. The van der Waals surface area contributed by atoms with Gasteiger partial charge in [-0.15, -0.1) is 0 Å². The second-order valence-corrected chi connectivity index (χ2v) is 35.4. The summed E-state index contributed by atoms with van der Waals surface area (Å²) in [6.45, 7) is 34.9. The van der Waals surface area contributed by atoms with E-state index in [1.165, 1.54) is 122 Å². The first-order chi connectivity index (χ1) is 51.4. The van der Waals surface area contributed by atoms with Crippen molar-refractivity contribution in [1.82, 2.24) is 40.9 Å². The number of piperidine rings is 4. The average Bonchev–Trinajstić information content (AvgIpc) is 1.27. The third-order valence-corrected chi connectivity index (χ3v) is 26.4. The molecule has 5 fully saturated rings. The van der Waals surface area contributed by atoms with Gasteiger partial charge in [-0.2, -0.15) is 5.26 Å². The highest BCUT2D eigenvalue weighted by Gasteiger charge is 2.50. The van der Waals surface area contributed by atoms with E-state index in [0.717, 1.165) is 128 Å². The molecule has 107 heavy (non-hydrogen) atoms. The molecule has 14 rings (SSSR count). The van der Waals surface area contributed by atoms with E-state index in [-0.39, 0.29) is 81.3 Å². The number of rotatable bonds is 19. The third-order valence-electron chi connectivity index (χ3n) is 26.4. The predicted molar refractivity (Wildman–Crippen MR) is 435 cm³/mol. The SMILES string of the molecule is CC(C)CCN1CCC2(CC1)C[C@H](NC(=O)c1ccoc1)c1ccccc12.CC(C)CCN1CCC2(CC[C@H](NC(=O)C3CC3)c3ccccc32)CC1.CCC(=O)N[C@H]1CC2(CCN(C(=O)OC(C)(C)C)CC2)c2ccccc21.CCC(CC)(CCC#N)CN1CCC2(CC1)C[C@H](NC(C)=O)c1ccccc12.[HH].[HH].[HH].[HH]. The van der Waals surface area contributed by atoms with Crippen molar-refractivity contribution < 1.29 is 38.8 Å². The Balaban J connectivity index is 0.000000203. The van der Waals surface area contributed by atoms with Crippen molar-refractivity contribution in [2.24, 2.45) is 23.2 Å². The zero-order chi connectivity index (χ0) is 76.2. The monoisotopic (exact) mass is 1470 g/mol. The Morgan fingerprint density at radius 3 is 1.40 bits per heavy atom. The Hall–Kier alpha value is -7.32. The number of likely N-dealkylation sites (tertiary alicyclic amines) is 4. The van der Waals surface area contributed by atoms with Gasteiger partial charge in [-0.3, -0.25) is 19.2 Å². The van der Waals surface area contributed by atoms with Crippen molar-refractivity contribution in [3.05, 3.63) is 166 Å². The second-order valence-electron chi connectivity index (χ2n) is 35.4. The van der Waals surface area contributed by atoms with E-state index in [0.29, 0.717) is 42.8 Å². The maximum atomic E-state index is 12.6. The Labute approximate surface area is 647 Å². The first kappa shape index (κ1) is 80.7. The van der Waals surface area contributed by atoms with Crippen LogP contribution in [-0.2, 0) is 40.8 Å². The Kier molecular flexibility index (Phi) is 26.8. The minimum Gasteiger partial charge on any atom is -0.472 e. The summed E-state index contributed by atoms with van der Waals surface area (Å²) >= 11 is 0. The van der Waals surface area contributed by atoms with Gasteiger partial charge in [-0.25, -0.2) is 4.79 Å². The molecule has 0 unspecified atom stereocenters. The van der Waals surface area contributed by atoms with Crippen LogP contribution < -0.4 is 21.3 Å². The van der Waals surface area contributed by atoms with E-state index in [1.54, 1.807) is 19.3 Å². The molecular formula is C91H137N9O7. The molecule has 1 saturated carbocycles. The van der Waals surface area contributed by atoms with E-state index in [4.69, 9.17) is 14.4 Å². The summed E-state index contributed by atoms with van der Waals surface area (Å²) in [5.74, 6) is 2.23. The lowest BCUT2D eigenvalue weighted by Crippen LogP contribution is -2.46. The lowest BCUT2D eigenvalue weighted by atomic mass is 9.63. The van der Waals surface area contributed by atoms with Crippen LogP contribution >= 0.6 is 0 Å². The summed E-state index contributed by atoms with van der Waals surface area (Å²) < 4.78 is 10.6. The number of hydrogen-bond donors (Lipinski definition) is 4. The van der Waals surface area contributed by atoms with Gasteiger partial charge < -0.3 is 50.0 Å². The zero-order valence-corrected chi connectivity index (χ0v) is 66.9. The van der Waals surface area contributed by atoms with Gasteiger partial charge in [-0.05, 0) is 275 Å². The molecule has 0 radical (unpaired) electrons. The van der Waals surface area contributed by atoms with Crippen LogP contribution in [-0.4, -0.2) is 127 Å². The van der Waals surface area contributed by atoms with Gasteiger partial charge in [0.2, 0.25) is 17.7 Å². The first-order valence-electron chi connectivity index (χ1n) is 41.5. The van der Waals surface area contributed by atoms with Gasteiger partial charge in [0, 0.05) is 67.3 Å². The van der Waals surface area contributed by atoms with Gasteiger partial charge in [0.15, 0.2) is 0 Å². The van der Waals surface area contributed by atoms with Crippen LogP contribution in [0.5, 0.6) is 0 Å². The molecule has 4 aromatic carbocycles. The largest absolute Gasteiger partial charge is 0.472 e. The first-order valence-corrected chi connectivity index (χ1v) is 41.5. The molecule has 0 bridgehead atoms. The number of amides is 5. The lowest BCUT2D eigenvalue weighted by Gasteiger charge is -2.47. The quantitative estimate of drug-likeness (QED) is 0.0615. The molecule has 5 aromatic rings. The topological polar surface area (TPSA) is 193 Å². The molecule has 5 amide bonds. The Morgan fingerprint density at radius 1 is 0.551 bits per heavy atom. The third kappa shape index (κ3) is 19.6. The second kappa shape index (κ2) is 35.6. The molecule has 16 heteroatoms. The van der Waals surface area contributed by atoms with E-state index in [9.17, 15) is 24.0 Å². The fourth-order valence-corrected chi connectivity index (χ4v) is 19.5. The molecule has 5 aliphatic carbocycles. The number of nitrogens with zero attached hydrogens (tertiary/aromatic N) is 5. The maximum Gasteiger partial charge on any atom is 0.410 e. The summed E-state index contributed by atoms with van der Waals surface area (Å²) in [4.78, 5) is 70.6. The van der Waals surface area contributed by atoms with Crippen molar-refractivity contribution in [2.45, 2.75) is 269 Å². The van der Waals surface area contributed by atoms with Crippen LogP contribution in [0.2, 0.25) is 0 Å². The zero-order valence-electron chi connectivity index (χ0n) is 66.9. The maximum absolute atomic E-state index is 12.6. The molecule has 4 N–H and O–H groups in total. The molecule has 1 aromatic heterocycles. The summed E-state index contributed by atoms with van der Waals surface area (Å²) in [7, 11) is 0. The number of hydrogen-bond acceptors (Lipinski definition) is 11. The van der Waals surface area contributed by atoms with Crippen LogP contribution in [0.15, 0.2) is 120 Å². The highest BCUT2D eigenvalue weighted by molar-refractivity contribution is 5.94. The molecule has 4 saturated heterocycles. The standard InChI is InChI=1S/C24H35N3O.C23H30N2O2.C23H34N2O.C21H30N2O3.4H2/c1-4-23(5-2,11-8-14-25)18-27-15-12-24(13-16-27)17-22(26-19(3)28)20-9-6-7-10-21(20)24;1-17(2)7-11-25-12-9-23(10-13-25)15-21(19-5-3-4-6-20(19)23)24-22(26)18-8-14-27-16-18;1-17(2)10-14-25-15-12-23(13-16-25)11-9-21(24-22(26)18-7-8-18)19-5-3-4-6-20(19)23;1-5-18(24)22-17-14-21(16-9-7-6-8-15(16)17)10-12-23(13-11-21)19(25)26-20(2,3)4;;;;/h6-7,9-10,22H,4-5,8,11-13,15-18H2,1-3H3,(H,26,28);3-6,8,14,16-17,21H,7,9-13,15H2,1-2H3,(H,24,26);3-6,17-18,21H,7-16H2,1-2H3,(H,24,26);6-9,17H,5,10-14H2,1-4H3,(H,22,24);4*1H/t22-;2*21-;17-;;;;/m0000..../s1. The molecule has 16 nitrogen and oxygen atoms in total. The van der Waals surface area contributed by atoms with E-state index in [2.05, 4.69) is 175 Å². The molecule has 9 aliphatic rings. The van der Waals surface area contributed by atoms with E-state index >= 15 is 0 Å². The van der Waals surface area contributed by atoms with Crippen molar-refractivity contribution in [2.75, 3.05) is 72.0 Å². The number of nitriles is 1. The van der Waals surface area contributed by atoms with Crippen LogP contribution in [0.4, 0.5) is 4.79 Å². The Bertz CT molecular complexity index is 3830. The van der Waals surface area contributed by atoms with Crippen LogP contribution in [0.3, 0.4) is 0 Å². The van der Waals surface area contributed by atoms with Gasteiger partial charge in [0.1, 0.15) is 11.9 Å². The average molecular weight is 1470 g/mol. The van der Waals surface area contributed by atoms with Gasteiger partial charge >= 0.3 is 6.09 Å². The minimum absolute atomic E-state index is 0. The number of carbonyl (C=O) groups is 5. The Morgan fingerprint density at radius 2 is 0.981 bits per heavy atom. The number of fused-ring (bicyclic) bond motifs is 8. The van der Waals surface area contributed by atoms with Gasteiger partial charge in [0.05, 0.1) is 42.1 Å². The predicted octanol–water partition coefficient (Wildman–Crippen LogP) is 18.6. The number of furan rings is 1. The van der Waals surface area contributed by atoms with Crippen molar-refractivity contribution in [3.8, 4) is 6.07 Å². The molecule has 4 aliphatic heterocycles. The summed E-state index contributed by atoms with van der Waals surface area (Å²) in [5.41, 5.74) is 12.2. The molecule has 5 heterocycles. The van der Waals surface area contributed by atoms with E-state index in [1.807, 2.05) is 38.7 Å². The fourth-order valence-electron chi connectivity index (χ4n) is 19.5. The summed E-state index contributed by atoms with van der Waals surface area (Å²) in [6.07, 6.45) is 26.3. The lowest BCUT2D eigenvalue weighted by molar-refractivity contribution is -0.123. The van der Waals surface area contributed by atoms with Gasteiger partial charge in [-0.1, -0.05) is 146 Å². The smallest absolute Gasteiger partial charge is 0.410 e. The van der Waals surface area contributed by atoms with Crippen molar-refractivity contribution in [1.29, 1.82) is 5.26 Å². The number of carbonyl (C=O) groups excluding carboxylic acids is 5. The minimum atomic E-state index is -0.471.